The Morgan fingerprint density at radius 1 is 1.18 bits per heavy atom. The van der Waals surface area contributed by atoms with Crippen molar-refractivity contribution in [2.24, 2.45) is 0 Å². The molecule has 0 saturated carbocycles. The second-order valence-corrected chi connectivity index (χ2v) is 7.60. The van der Waals surface area contributed by atoms with Crippen molar-refractivity contribution in [2.75, 3.05) is 39.9 Å². The molecule has 28 heavy (non-hydrogen) atoms. The third-order valence-electron chi connectivity index (χ3n) is 5.23. The van der Waals surface area contributed by atoms with Crippen molar-refractivity contribution >= 4 is 11.9 Å². The summed E-state index contributed by atoms with van der Waals surface area (Å²) in [5.74, 6) is 0.168. The molecule has 1 heterocycles. The van der Waals surface area contributed by atoms with Crippen molar-refractivity contribution in [1.82, 2.24) is 15.1 Å². The summed E-state index contributed by atoms with van der Waals surface area (Å²) in [6.07, 6.45) is 4.37. The molecule has 2 rings (SSSR count). The average molecular weight is 390 g/mol. The largest absolute Gasteiger partial charge is 0.383 e. The lowest BCUT2D eigenvalue weighted by molar-refractivity contribution is -0.132. The Labute approximate surface area is 169 Å². The summed E-state index contributed by atoms with van der Waals surface area (Å²) in [5, 5.41) is 3.08. The number of urea groups is 1. The number of nitrogens with one attached hydrogen (secondary N) is 1. The smallest absolute Gasteiger partial charge is 0.317 e. The van der Waals surface area contributed by atoms with Crippen molar-refractivity contribution in [3.8, 4) is 0 Å². The highest BCUT2D eigenvalue weighted by atomic mass is 16.5. The first-order valence-corrected chi connectivity index (χ1v) is 10.4. The number of ether oxygens (including phenoxy) is 1. The monoisotopic (exact) mass is 389 g/mol. The highest BCUT2D eigenvalue weighted by molar-refractivity contribution is 5.78. The molecule has 1 saturated heterocycles. The molecule has 0 aromatic heterocycles. The van der Waals surface area contributed by atoms with E-state index in [1.165, 1.54) is 11.1 Å². The van der Waals surface area contributed by atoms with E-state index in [0.29, 0.717) is 39.2 Å². The maximum Gasteiger partial charge on any atom is 0.317 e. The summed E-state index contributed by atoms with van der Waals surface area (Å²) in [5.41, 5.74) is 2.41. The Balaban J connectivity index is 1.74. The first kappa shape index (κ1) is 22.2. The predicted octanol–water partition coefficient (Wildman–Crippen LogP) is 2.99. The van der Waals surface area contributed by atoms with E-state index in [4.69, 9.17) is 4.74 Å². The molecule has 156 valence electrons. The number of carbonyl (C=O) groups is 2. The van der Waals surface area contributed by atoms with Gasteiger partial charge in [0.1, 0.15) is 0 Å². The molecule has 3 amide bonds. The van der Waals surface area contributed by atoms with Gasteiger partial charge in [0.15, 0.2) is 0 Å². The van der Waals surface area contributed by atoms with Gasteiger partial charge in [-0.25, -0.2) is 4.79 Å². The van der Waals surface area contributed by atoms with Gasteiger partial charge in [0, 0.05) is 39.7 Å². The number of nitrogens with zero attached hydrogens (tertiary/aromatic N) is 2. The number of amides is 3. The maximum atomic E-state index is 12.5. The molecule has 1 fully saturated rings. The highest BCUT2D eigenvalue weighted by Crippen LogP contribution is 2.10. The maximum absolute atomic E-state index is 12.5. The Bertz CT molecular complexity index is 627. The lowest BCUT2D eigenvalue weighted by Gasteiger charge is -2.35. The molecule has 1 unspecified atom stereocenters. The minimum Gasteiger partial charge on any atom is -0.383 e. The van der Waals surface area contributed by atoms with Gasteiger partial charge in [-0.15, -0.1) is 0 Å². The number of aryl methyl sites for hydroxylation is 2. The molecule has 6 nitrogen and oxygen atoms in total. The zero-order valence-corrected chi connectivity index (χ0v) is 17.6. The van der Waals surface area contributed by atoms with E-state index in [9.17, 15) is 9.59 Å². The predicted molar refractivity (Wildman–Crippen MR) is 111 cm³/mol. The second kappa shape index (κ2) is 11.7. The fraction of sp³-hybridized carbons (Fsp3) is 0.636. The number of unbranched alkanes of at least 4 members (excludes halogenated alkanes) is 1. The van der Waals surface area contributed by atoms with Crippen LogP contribution < -0.4 is 5.32 Å². The Kier molecular flexibility index (Phi) is 9.28. The fourth-order valence-corrected chi connectivity index (χ4v) is 3.55. The van der Waals surface area contributed by atoms with Crippen molar-refractivity contribution in [1.29, 1.82) is 0 Å². The molecule has 1 aliphatic heterocycles. The minimum absolute atomic E-state index is 0.0476. The van der Waals surface area contributed by atoms with Crippen LogP contribution in [0.1, 0.15) is 43.7 Å². The number of carbonyl (C=O) groups excluding carboxylic acids is 2. The molecule has 1 aromatic carbocycles. The van der Waals surface area contributed by atoms with Crippen LogP contribution in [-0.4, -0.2) is 67.7 Å². The van der Waals surface area contributed by atoms with Crippen LogP contribution >= 0.6 is 0 Å². The molecule has 0 radical (unpaired) electrons. The van der Waals surface area contributed by atoms with Crippen LogP contribution in [0.3, 0.4) is 0 Å². The molecular weight excluding hydrogens is 354 g/mol. The van der Waals surface area contributed by atoms with Crippen molar-refractivity contribution < 1.29 is 14.3 Å². The van der Waals surface area contributed by atoms with E-state index >= 15 is 0 Å². The summed E-state index contributed by atoms with van der Waals surface area (Å²) >= 11 is 0. The van der Waals surface area contributed by atoms with Gasteiger partial charge < -0.3 is 19.9 Å². The van der Waals surface area contributed by atoms with E-state index in [2.05, 4.69) is 37.4 Å². The molecule has 1 N–H and O–H groups in total. The van der Waals surface area contributed by atoms with Crippen molar-refractivity contribution in [2.45, 2.75) is 52.0 Å². The molecule has 1 aromatic rings. The number of piperazine rings is 1. The van der Waals surface area contributed by atoms with Gasteiger partial charge in [-0.2, -0.15) is 0 Å². The fourth-order valence-electron chi connectivity index (χ4n) is 3.55. The summed E-state index contributed by atoms with van der Waals surface area (Å²) in [7, 11) is 1.66. The summed E-state index contributed by atoms with van der Waals surface area (Å²) < 4.78 is 5.22. The van der Waals surface area contributed by atoms with Crippen molar-refractivity contribution in [3.05, 3.63) is 35.4 Å². The summed E-state index contributed by atoms with van der Waals surface area (Å²) in [6, 6.07) is 8.29. The van der Waals surface area contributed by atoms with Crippen LogP contribution in [0, 0.1) is 6.92 Å². The Morgan fingerprint density at radius 3 is 2.54 bits per heavy atom. The first-order valence-electron chi connectivity index (χ1n) is 10.4. The van der Waals surface area contributed by atoms with Crippen LogP contribution in [0.5, 0.6) is 0 Å². The number of benzene rings is 1. The van der Waals surface area contributed by atoms with Gasteiger partial charge in [0.25, 0.3) is 0 Å². The third kappa shape index (κ3) is 7.15. The van der Waals surface area contributed by atoms with Gasteiger partial charge in [-0.3, -0.25) is 4.79 Å². The Morgan fingerprint density at radius 2 is 1.89 bits per heavy atom. The van der Waals surface area contributed by atoms with E-state index in [-0.39, 0.29) is 18.0 Å². The number of rotatable bonds is 9. The molecule has 1 aliphatic rings. The molecule has 0 aliphatic carbocycles. The van der Waals surface area contributed by atoms with Crippen molar-refractivity contribution in [3.63, 3.8) is 0 Å². The van der Waals surface area contributed by atoms with Gasteiger partial charge in [-0.1, -0.05) is 49.6 Å². The number of hydrogen-bond acceptors (Lipinski definition) is 3. The highest BCUT2D eigenvalue weighted by Gasteiger charge is 2.25. The number of methoxy groups -OCH3 is 1. The van der Waals surface area contributed by atoms with E-state index in [1.807, 2.05) is 11.0 Å². The number of hydrogen-bond donors (Lipinski definition) is 1. The van der Waals surface area contributed by atoms with Crippen LogP contribution in [0.4, 0.5) is 4.79 Å². The normalized spacial score (nSPS) is 15.4. The topological polar surface area (TPSA) is 61.9 Å². The molecule has 1 atom stereocenters. The molecule has 0 spiro atoms. The van der Waals surface area contributed by atoms with E-state index < -0.39 is 0 Å². The van der Waals surface area contributed by atoms with Gasteiger partial charge in [0.2, 0.25) is 5.91 Å². The van der Waals surface area contributed by atoms with Gasteiger partial charge >= 0.3 is 6.03 Å². The summed E-state index contributed by atoms with van der Waals surface area (Å²) in [6.45, 7) is 7.10. The lowest BCUT2D eigenvalue weighted by atomic mass is 10.1. The molecule has 0 bridgehead atoms. The standard InChI is InChI=1S/C22H35N3O3/c1-4-5-9-20(17-28-3)23-22(27)25-14-12-24(13-15-25)21(26)11-10-19-8-6-7-18(2)16-19/h6-8,16,20H,4-5,9-15,17H2,1-3H3,(H,23,27). The van der Waals surface area contributed by atoms with Crippen LogP contribution in [0.15, 0.2) is 24.3 Å². The third-order valence-corrected chi connectivity index (χ3v) is 5.23. The quantitative estimate of drug-likeness (QED) is 0.706. The lowest BCUT2D eigenvalue weighted by Crippen LogP contribution is -2.55. The minimum atomic E-state index is -0.0509. The average Bonchev–Trinajstić information content (AvgIpc) is 2.70. The van der Waals surface area contributed by atoms with E-state index in [1.54, 1.807) is 12.0 Å². The van der Waals surface area contributed by atoms with Gasteiger partial charge in [0.05, 0.1) is 12.6 Å². The first-order chi connectivity index (χ1) is 13.5. The molecular formula is C22H35N3O3. The second-order valence-electron chi connectivity index (χ2n) is 7.60. The van der Waals surface area contributed by atoms with E-state index in [0.717, 1.165) is 25.7 Å². The SMILES string of the molecule is CCCCC(COC)NC(=O)N1CCN(C(=O)CCc2cccc(C)c2)CC1. The van der Waals surface area contributed by atoms with Gasteiger partial charge in [-0.05, 0) is 25.3 Å². The zero-order valence-electron chi connectivity index (χ0n) is 17.6. The van der Waals surface area contributed by atoms with Crippen LogP contribution in [0.2, 0.25) is 0 Å². The Hall–Kier alpha value is -2.08. The van der Waals surface area contributed by atoms with Crippen LogP contribution in [-0.2, 0) is 16.0 Å². The zero-order chi connectivity index (χ0) is 20.4. The molecule has 6 heteroatoms. The summed E-state index contributed by atoms with van der Waals surface area (Å²) in [4.78, 5) is 28.7. The van der Waals surface area contributed by atoms with Crippen LogP contribution in [0.25, 0.3) is 0 Å².